The predicted molar refractivity (Wildman–Crippen MR) is 140 cm³/mol. The van der Waals surface area contributed by atoms with E-state index in [0.717, 1.165) is 12.8 Å². The van der Waals surface area contributed by atoms with Gasteiger partial charge in [0.1, 0.15) is 5.82 Å². The quantitative estimate of drug-likeness (QED) is 0.428. The second kappa shape index (κ2) is 8.83. The topological polar surface area (TPSA) is 122 Å². The molecule has 2 fully saturated rings. The van der Waals surface area contributed by atoms with Crippen molar-refractivity contribution >= 4 is 45.3 Å². The Morgan fingerprint density at radius 2 is 1.74 bits per heavy atom. The molecule has 38 heavy (non-hydrogen) atoms. The lowest BCUT2D eigenvalue weighted by atomic mass is 9.73. The molecule has 2 aliphatic rings. The number of carboxylic acids is 1. The van der Waals surface area contributed by atoms with Crippen molar-refractivity contribution in [2.45, 2.75) is 25.7 Å². The molecule has 0 radical (unpaired) electrons. The molecule has 0 aliphatic carbocycles. The van der Waals surface area contributed by atoms with Gasteiger partial charge in [0.05, 0.1) is 27.6 Å². The maximum atomic E-state index is 14.0. The number of aromatic carboxylic acids is 1. The van der Waals surface area contributed by atoms with Gasteiger partial charge in [-0.2, -0.15) is 0 Å². The summed E-state index contributed by atoms with van der Waals surface area (Å²) in [4.78, 5) is 44.1. The second-order valence-electron chi connectivity index (χ2n) is 10.1. The van der Waals surface area contributed by atoms with Crippen LogP contribution in [0.25, 0.3) is 21.8 Å². The van der Waals surface area contributed by atoms with Crippen molar-refractivity contribution in [3.63, 3.8) is 0 Å². The summed E-state index contributed by atoms with van der Waals surface area (Å²) in [6, 6.07) is 10.8. The number of hydrogen-bond acceptors (Lipinski definition) is 5. The Morgan fingerprint density at radius 1 is 1.00 bits per heavy atom. The van der Waals surface area contributed by atoms with E-state index < -0.39 is 17.3 Å². The van der Waals surface area contributed by atoms with Gasteiger partial charge >= 0.3 is 5.97 Å². The average Bonchev–Trinajstić information content (AvgIpc) is 3.25. The second-order valence-corrected chi connectivity index (χ2v) is 10.1. The zero-order valence-corrected chi connectivity index (χ0v) is 20.6. The minimum absolute atomic E-state index is 0.00535. The summed E-state index contributed by atoms with van der Waals surface area (Å²) in [5.74, 6) is -2.05. The number of aromatic nitrogens is 2. The minimum atomic E-state index is -1.06. The SMILES string of the molecule is NC(=O)c1cncc2c3cc(C(=O)O)ccc3n(N3CCC[C@]4(CCCN(c5ccc(F)cc5)C4=O)C3)c12. The average molecular weight is 516 g/mol. The zero-order chi connectivity index (χ0) is 26.6. The van der Waals surface area contributed by atoms with E-state index in [-0.39, 0.29) is 22.9 Å². The monoisotopic (exact) mass is 515 g/mol. The first kappa shape index (κ1) is 23.9. The van der Waals surface area contributed by atoms with Crippen LogP contribution < -0.4 is 15.6 Å². The number of halogens is 1. The van der Waals surface area contributed by atoms with Crippen molar-refractivity contribution in [3.8, 4) is 0 Å². The van der Waals surface area contributed by atoms with Crippen LogP contribution in [0.5, 0.6) is 0 Å². The van der Waals surface area contributed by atoms with Gasteiger partial charge in [-0.05, 0) is 68.1 Å². The third-order valence-electron chi connectivity index (χ3n) is 7.87. The number of amides is 2. The predicted octanol–water partition coefficient (Wildman–Crippen LogP) is 3.67. The molecule has 0 unspecified atom stereocenters. The van der Waals surface area contributed by atoms with E-state index in [1.165, 1.54) is 24.4 Å². The molecule has 0 saturated carbocycles. The number of hydrogen-bond donors (Lipinski definition) is 2. The number of nitrogens with zero attached hydrogens (tertiary/aromatic N) is 4. The zero-order valence-electron chi connectivity index (χ0n) is 20.6. The molecule has 2 saturated heterocycles. The lowest BCUT2D eigenvalue weighted by molar-refractivity contribution is -0.131. The molecule has 1 spiro atoms. The molecule has 9 nitrogen and oxygen atoms in total. The molecule has 3 N–H and O–H groups in total. The highest BCUT2D eigenvalue weighted by molar-refractivity contribution is 6.16. The van der Waals surface area contributed by atoms with E-state index in [0.29, 0.717) is 60.0 Å². The van der Waals surface area contributed by atoms with Gasteiger partial charge in [0.25, 0.3) is 5.91 Å². The van der Waals surface area contributed by atoms with Crippen molar-refractivity contribution in [2.24, 2.45) is 11.1 Å². The Morgan fingerprint density at radius 3 is 2.45 bits per heavy atom. The largest absolute Gasteiger partial charge is 0.478 e. The van der Waals surface area contributed by atoms with Gasteiger partial charge in [-0.15, -0.1) is 0 Å². The van der Waals surface area contributed by atoms with Crippen molar-refractivity contribution < 1.29 is 23.9 Å². The van der Waals surface area contributed by atoms with Gasteiger partial charge < -0.3 is 20.7 Å². The van der Waals surface area contributed by atoms with E-state index in [1.54, 1.807) is 35.4 Å². The van der Waals surface area contributed by atoms with E-state index in [4.69, 9.17) is 5.73 Å². The number of fused-ring (bicyclic) bond motifs is 3. The number of nitrogens with two attached hydrogens (primary N) is 1. The van der Waals surface area contributed by atoms with Gasteiger partial charge in [-0.1, -0.05) is 0 Å². The molecule has 10 heteroatoms. The van der Waals surface area contributed by atoms with Crippen LogP contribution in [0.1, 0.15) is 46.4 Å². The molecule has 4 aromatic rings. The molecule has 2 aromatic carbocycles. The highest BCUT2D eigenvalue weighted by Gasteiger charge is 2.47. The summed E-state index contributed by atoms with van der Waals surface area (Å²) >= 11 is 0. The van der Waals surface area contributed by atoms with Crippen LogP contribution in [0, 0.1) is 11.2 Å². The van der Waals surface area contributed by atoms with E-state index in [1.807, 2.05) is 4.68 Å². The first-order valence-electron chi connectivity index (χ1n) is 12.6. The van der Waals surface area contributed by atoms with Crippen LogP contribution in [0.15, 0.2) is 54.9 Å². The fourth-order valence-corrected chi connectivity index (χ4v) is 6.14. The normalized spacial score (nSPS) is 20.0. The number of primary amides is 1. The first-order valence-corrected chi connectivity index (χ1v) is 12.6. The van der Waals surface area contributed by atoms with Crippen LogP contribution in [0.3, 0.4) is 0 Å². The van der Waals surface area contributed by atoms with Crippen LogP contribution in [-0.2, 0) is 4.79 Å². The molecule has 2 aliphatic heterocycles. The number of anilines is 1. The summed E-state index contributed by atoms with van der Waals surface area (Å²) < 4.78 is 15.4. The molecule has 1 atom stereocenters. The van der Waals surface area contributed by atoms with Crippen LogP contribution in [0.2, 0.25) is 0 Å². The van der Waals surface area contributed by atoms with Crippen LogP contribution >= 0.6 is 0 Å². The van der Waals surface area contributed by atoms with E-state index in [9.17, 15) is 23.9 Å². The van der Waals surface area contributed by atoms with Crippen molar-refractivity contribution in [1.82, 2.24) is 9.66 Å². The molecule has 2 amide bonds. The molecule has 2 aromatic heterocycles. The van der Waals surface area contributed by atoms with E-state index in [2.05, 4.69) is 9.99 Å². The third-order valence-corrected chi connectivity index (χ3v) is 7.87. The van der Waals surface area contributed by atoms with Crippen molar-refractivity contribution in [3.05, 3.63) is 71.8 Å². The van der Waals surface area contributed by atoms with Gasteiger partial charge in [-0.3, -0.25) is 19.2 Å². The smallest absolute Gasteiger partial charge is 0.335 e. The highest BCUT2D eigenvalue weighted by atomic mass is 19.1. The minimum Gasteiger partial charge on any atom is -0.478 e. The number of carbonyl (C=O) groups excluding carboxylic acids is 2. The lowest BCUT2D eigenvalue weighted by Crippen LogP contribution is -2.58. The number of rotatable bonds is 4. The summed E-state index contributed by atoms with van der Waals surface area (Å²) in [5.41, 5.74) is 7.34. The highest BCUT2D eigenvalue weighted by Crippen LogP contribution is 2.42. The number of pyridine rings is 1. The maximum Gasteiger partial charge on any atom is 0.335 e. The Kier molecular flexibility index (Phi) is 5.55. The van der Waals surface area contributed by atoms with Crippen LogP contribution in [0.4, 0.5) is 10.1 Å². The Balaban J connectivity index is 1.48. The first-order chi connectivity index (χ1) is 18.3. The molecule has 4 heterocycles. The molecular formula is C28H26FN5O4. The molecule has 194 valence electrons. The number of piperidine rings is 2. The third kappa shape index (κ3) is 3.67. The Labute approximate surface area is 217 Å². The summed E-state index contributed by atoms with van der Waals surface area (Å²) in [6.07, 6.45) is 6.00. The number of carbonyl (C=O) groups is 3. The van der Waals surface area contributed by atoms with Gasteiger partial charge in [0.2, 0.25) is 5.91 Å². The standard InChI is InChI=1S/C28H26FN5O4/c29-18-4-6-19(7-5-18)33-12-2-10-28(27(33)38)9-1-11-32(16-28)34-23-8-3-17(26(36)37)13-20(23)21-14-31-15-22(24(21)34)25(30)35/h3-8,13-15H,1-2,9-12,16H2,(H2,30,35)(H,36,37)/t28-/m0/s1. The fraction of sp³-hybridized carbons (Fsp3) is 0.286. The summed E-state index contributed by atoms with van der Waals surface area (Å²) in [5, 5.41) is 12.9. The summed E-state index contributed by atoms with van der Waals surface area (Å²) in [7, 11) is 0. The number of benzene rings is 2. The van der Waals surface area contributed by atoms with Gasteiger partial charge in [0.15, 0.2) is 0 Å². The van der Waals surface area contributed by atoms with Gasteiger partial charge in [0, 0.05) is 48.5 Å². The fourth-order valence-electron chi connectivity index (χ4n) is 6.14. The van der Waals surface area contributed by atoms with Crippen molar-refractivity contribution in [1.29, 1.82) is 0 Å². The van der Waals surface area contributed by atoms with Gasteiger partial charge in [-0.25, -0.2) is 9.18 Å². The van der Waals surface area contributed by atoms with E-state index >= 15 is 0 Å². The van der Waals surface area contributed by atoms with Crippen molar-refractivity contribution in [2.75, 3.05) is 29.5 Å². The Hall–Kier alpha value is -4.47. The summed E-state index contributed by atoms with van der Waals surface area (Å²) in [6.45, 7) is 1.60. The Bertz CT molecular complexity index is 1610. The lowest BCUT2D eigenvalue weighted by Gasteiger charge is -2.48. The number of carboxylic acid groups (broad SMARTS) is 1. The molecule has 0 bridgehead atoms. The molecular weight excluding hydrogens is 489 g/mol. The molecule has 6 rings (SSSR count). The van der Waals surface area contributed by atoms with Crippen LogP contribution in [-0.4, -0.2) is 52.2 Å². The maximum absolute atomic E-state index is 14.0.